The molecule has 0 saturated carbocycles. The summed E-state index contributed by atoms with van der Waals surface area (Å²) >= 11 is 0. The molecule has 0 aliphatic carbocycles. The van der Waals surface area contributed by atoms with E-state index in [4.69, 9.17) is 5.11 Å². The van der Waals surface area contributed by atoms with Gasteiger partial charge in [0.1, 0.15) is 17.1 Å². The molecule has 0 amide bonds. The molecule has 116 valence electrons. The summed E-state index contributed by atoms with van der Waals surface area (Å²) in [4.78, 5) is 23.0. The van der Waals surface area contributed by atoms with Gasteiger partial charge in [0.15, 0.2) is 0 Å². The van der Waals surface area contributed by atoms with Crippen LogP contribution in [-0.4, -0.2) is 48.1 Å². The standard InChI is InChI=1S/C13H18FN3O4/c1-16(2)6-4-3-5-15-11-8-10(14)9(13(18)19)7-12(11)17(20)21/h7-8,15H,3-6H2,1-2H3,(H,18,19). The van der Waals surface area contributed by atoms with E-state index in [1.165, 1.54) is 0 Å². The van der Waals surface area contributed by atoms with Gasteiger partial charge in [0.2, 0.25) is 0 Å². The molecule has 0 bridgehead atoms. The highest BCUT2D eigenvalue weighted by atomic mass is 19.1. The number of unbranched alkanes of at least 4 members (excludes halogenated alkanes) is 1. The van der Waals surface area contributed by atoms with Crippen LogP contribution in [-0.2, 0) is 0 Å². The molecule has 0 heterocycles. The Morgan fingerprint density at radius 2 is 2.10 bits per heavy atom. The minimum Gasteiger partial charge on any atom is -0.478 e. The first-order chi connectivity index (χ1) is 9.82. The molecule has 0 aliphatic rings. The molecule has 2 N–H and O–H groups in total. The number of aromatic carboxylic acids is 1. The van der Waals surface area contributed by atoms with Crippen molar-refractivity contribution in [3.8, 4) is 0 Å². The lowest BCUT2D eigenvalue weighted by molar-refractivity contribution is -0.384. The quantitative estimate of drug-likeness (QED) is 0.434. The summed E-state index contributed by atoms with van der Waals surface area (Å²) in [5.74, 6) is -2.53. The van der Waals surface area contributed by atoms with Crippen LogP contribution in [0.15, 0.2) is 12.1 Å². The van der Waals surface area contributed by atoms with E-state index < -0.39 is 28.0 Å². The molecule has 0 unspecified atom stereocenters. The summed E-state index contributed by atoms with van der Waals surface area (Å²) in [5.41, 5.74) is -1.16. The number of carboxylic acid groups (broad SMARTS) is 1. The van der Waals surface area contributed by atoms with Crippen molar-refractivity contribution in [1.82, 2.24) is 4.90 Å². The summed E-state index contributed by atoms with van der Waals surface area (Å²) in [6, 6.07) is 1.59. The number of hydrogen-bond donors (Lipinski definition) is 2. The molecule has 0 spiro atoms. The largest absolute Gasteiger partial charge is 0.478 e. The Morgan fingerprint density at radius 3 is 2.62 bits per heavy atom. The van der Waals surface area contributed by atoms with Gasteiger partial charge in [-0.05, 0) is 33.5 Å². The fourth-order valence-corrected chi connectivity index (χ4v) is 1.79. The molecule has 8 heteroatoms. The predicted molar refractivity (Wildman–Crippen MR) is 76.3 cm³/mol. The molecule has 1 rings (SSSR count). The minimum atomic E-state index is -1.53. The number of nitro groups is 1. The van der Waals surface area contributed by atoms with Crippen molar-refractivity contribution in [2.45, 2.75) is 12.8 Å². The summed E-state index contributed by atoms with van der Waals surface area (Å²) in [7, 11) is 3.89. The van der Waals surface area contributed by atoms with Gasteiger partial charge in [-0.1, -0.05) is 0 Å². The Bertz CT molecular complexity index is 534. The SMILES string of the molecule is CN(C)CCCCNc1cc(F)c(C(=O)O)cc1[N+](=O)[O-]. The Kier molecular flexibility index (Phi) is 6.04. The highest BCUT2D eigenvalue weighted by Crippen LogP contribution is 2.28. The van der Waals surface area contributed by atoms with E-state index in [-0.39, 0.29) is 5.69 Å². The van der Waals surface area contributed by atoms with Crippen LogP contribution >= 0.6 is 0 Å². The topological polar surface area (TPSA) is 95.7 Å². The number of anilines is 1. The van der Waals surface area contributed by atoms with Crippen LogP contribution in [0, 0.1) is 15.9 Å². The number of nitrogens with zero attached hydrogens (tertiary/aromatic N) is 2. The van der Waals surface area contributed by atoms with Crippen LogP contribution in [0.1, 0.15) is 23.2 Å². The molecule has 0 fully saturated rings. The Labute approximate surface area is 121 Å². The Balaban J connectivity index is 2.79. The van der Waals surface area contributed by atoms with Gasteiger partial charge >= 0.3 is 5.97 Å². The fraction of sp³-hybridized carbons (Fsp3) is 0.462. The van der Waals surface area contributed by atoms with Gasteiger partial charge in [-0.3, -0.25) is 10.1 Å². The van der Waals surface area contributed by atoms with Crippen molar-refractivity contribution in [3.05, 3.63) is 33.6 Å². The zero-order valence-electron chi connectivity index (χ0n) is 11.9. The first kappa shape index (κ1) is 16.8. The maximum Gasteiger partial charge on any atom is 0.338 e. The molecule has 0 aliphatic heterocycles. The number of carbonyl (C=O) groups is 1. The number of hydrogen-bond acceptors (Lipinski definition) is 5. The van der Waals surface area contributed by atoms with Gasteiger partial charge in [0.25, 0.3) is 5.69 Å². The molecule has 0 aromatic heterocycles. The first-order valence-corrected chi connectivity index (χ1v) is 6.42. The van der Waals surface area contributed by atoms with Crippen molar-refractivity contribution < 1.29 is 19.2 Å². The first-order valence-electron chi connectivity index (χ1n) is 6.42. The lowest BCUT2D eigenvalue weighted by atomic mass is 10.1. The van der Waals surface area contributed by atoms with Crippen LogP contribution in [0.3, 0.4) is 0 Å². The van der Waals surface area contributed by atoms with E-state index in [9.17, 15) is 19.3 Å². The third-order valence-electron chi connectivity index (χ3n) is 2.86. The van der Waals surface area contributed by atoms with E-state index in [2.05, 4.69) is 5.32 Å². The molecule has 1 aromatic carbocycles. The number of nitro benzene ring substituents is 1. The molecular weight excluding hydrogens is 281 g/mol. The van der Waals surface area contributed by atoms with Crippen LogP contribution in [0.4, 0.5) is 15.8 Å². The lowest BCUT2D eigenvalue weighted by Gasteiger charge is -2.11. The average molecular weight is 299 g/mol. The summed E-state index contributed by atoms with van der Waals surface area (Å²) in [5, 5.41) is 22.5. The third kappa shape index (κ3) is 4.99. The third-order valence-corrected chi connectivity index (χ3v) is 2.86. The van der Waals surface area contributed by atoms with Crippen molar-refractivity contribution in [2.75, 3.05) is 32.5 Å². The monoisotopic (exact) mass is 299 g/mol. The molecule has 0 saturated heterocycles. The Morgan fingerprint density at radius 1 is 1.43 bits per heavy atom. The highest BCUT2D eigenvalue weighted by molar-refractivity contribution is 5.90. The van der Waals surface area contributed by atoms with Crippen molar-refractivity contribution in [2.24, 2.45) is 0 Å². The van der Waals surface area contributed by atoms with E-state index in [1.54, 1.807) is 0 Å². The van der Waals surface area contributed by atoms with Gasteiger partial charge in [-0.2, -0.15) is 0 Å². The van der Waals surface area contributed by atoms with Gasteiger partial charge in [0, 0.05) is 18.7 Å². The van der Waals surface area contributed by atoms with E-state index in [0.29, 0.717) is 6.54 Å². The number of benzene rings is 1. The fourth-order valence-electron chi connectivity index (χ4n) is 1.79. The summed E-state index contributed by atoms with van der Waals surface area (Å²) in [6.07, 6.45) is 1.65. The van der Waals surface area contributed by atoms with Crippen LogP contribution in [0.25, 0.3) is 0 Å². The zero-order chi connectivity index (χ0) is 16.0. The van der Waals surface area contributed by atoms with Gasteiger partial charge < -0.3 is 15.3 Å². The molecular formula is C13H18FN3O4. The predicted octanol–water partition coefficient (Wildman–Crippen LogP) is 2.19. The van der Waals surface area contributed by atoms with Gasteiger partial charge in [-0.25, -0.2) is 9.18 Å². The van der Waals surface area contributed by atoms with Crippen molar-refractivity contribution in [1.29, 1.82) is 0 Å². The van der Waals surface area contributed by atoms with Gasteiger partial charge in [0.05, 0.1) is 4.92 Å². The number of carboxylic acids is 1. The second kappa shape index (κ2) is 7.53. The van der Waals surface area contributed by atoms with E-state index in [1.807, 2.05) is 19.0 Å². The molecule has 1 aromatic rings. The maximum atomic E-state index is 13.6. The molecule has 0 atom stereocenters. The van der Waals surface area contributed by atoms with Crippen LogP contribution in [0.2, 0.25) is 0 Å². The molecule has 21 heavy (non-hydrogen) atoms. The zero-order valence-corrected chi connectivity index (χ0v) is 11.9. The maximum absolute atomic E-state index is 13.6. The van der Waals surface area contributed by atoms with Crippen LogP contribution in [0.5, 0.6) is 0 Å². The lowest BCUT2D eigenvalue weighted by Crippen LogP contribution is -2.14. The molecule has 0 radical (unpaired) electrons. The number of rotatable bonds is 8. The number of halogens is 1. The Hall–Kier alpha value is -2.22. The molecule has 7 nitrogen and oxygen atoms in total. The summed E-state index contributed by atoms with van der Waals surface area (Å²) < 4.78 is 13.6. The smallest absolute Gasteiger partial charge is 0.338 e. The van der Waals surface area contributed by atoms with E-state index in [0.717, 1.165) is 31.5 Å². The number of nitrogens with one attached hydrogen (secondary N) is 1. The summed E-state index contributed by atoms with van der Waals surface area (Å²) in [6.45, 7) is 1.33. The van der Waals surface area contributed by atoms with Crippen LogP contribution < -0.4 is 5.32 Å². The van der Waals surface area contributed by atoms with Crippen molar-refractivity contribution >= 4 is 17.3 Å². The second-order valence-corrected chi connectivity index (χ2v) is 4.85. The minimum absolute atomic E-state index is 0.00708. The second-order valence-electron chi connectivity index (χ2n) is 4.85. The highest BCUT2D eigenvalue weighted by Gasteiger charge is 2.21. The normalized spacial score (nSPS) is 10.7. The van der Waals surface area contributed by atoms with Gasteiger partial charge in [-0.15, -0.1) is 0 Å². The van der Waals surface area contributed by atoms with E-state index >= 15 is 0 Å². The van der Waals surface area contributed by atoms with Crippen molar-refractivity contribution in [3.63, 3.8) is 0 Å². The average Bonchev–Trinajstić information content (AvgIpc) is 2.37.